The Morgan fingerprint density at radius 2 is 1.87 bits per heavy atom. The number of nitrogens with one attached hydrogen (secondary N) is 1. The van der Waals surface area contributed by atoms with Crippen molar-refractivity contribution in [3.8, 4) is 0 Å². The van der Waals surface area contributed by atoms with Gasteiger partial charge in [-0.3, -0.25) is 9.59 Å². The Kier molecular flexibility index (Phi) is 6.24. The van der Waals surface area contributed by atoms with Crippen molar-refractivity contribution in [3.63, 3.8) is 0 Å². The van der Waals surface area contributed by atoms with E-state index in [1.807, 2.05) is 4.90 Å². The van der Waals surface area contributed by atoms with E-state index in [2.05, 4.69) is 10.3 Å². The summed E-state index contributed by atoms with van der Waals surface area (Å²) in [4.78, 5) is 30.6. The second kappa shape index (κ2) is 8.56. The number of alkyl halides is 3. The first-order chi connectivity index (χ1) is 14.5. The van der Waals surface area contributed by atoms with Gasteiger partial charge in [0.1, 0.15) is 5.82 Å². The first kappa shape index (κ1) is 22.6. The standard InChI is InChI=1S/C22H25F3N4O2/c1-21(2,15-6-3-7-16(11-15)22(23,24)25)20(31)28-17-8-9-18(27-12-17)29-10-4-5-14(13-29)19(26)30/h3,6-9,11-12,14H,4-5,10,13H2,1-2H3,(H2,26,30)(H,28,31). The van der Waals surface area contributed by atoms with Crippen molar-refractivity contribution in [1.82, 2.24) is 4.98 Å². The summed E-state index contributed by atoms with van der Waals surface area (Å²) < 4.78 is 39.1. The predicted molar refractivity (Wildman–Crippen MR) is 111 cm³/mol. The Bertz CT molecular complexity index is 958. The molecular weight excluding hydrogens is 409 g/mol. The van der Waals surface area contributed by atoms with Crippen molar-refractivity contribution in [2.45, 2.75) is 38.3 Å². The third-order valence-corrected chi connectivity index (χ3v) is 5.63. The van der Waals surface area contributed by atoms with E-state index in [-0.39, 0.29) is 17.4 Å². The van der Waals surface area contributed by atoms with Crippen LogP contribution in [0.25, 0.3) is 0 Å². The Balaban J connectivity index is 1.71. The van der Waals surface area contributed by atoms with Crippen LogP contribution in [-0.2, 0) is 21.2 Å². The van der Waals surface area contributed by atoms with Gasteiger partial charge >= 0.3 is 6.18 Å². The van der Waals surface area contributed by atoms with E-state index in [1.165, 1.54) is 18.3 Å². The number of hydrogen-bond donors (Lipinski definition) is 2. The Morgan fingerprint density at radius 1 is 1.16 bits per heavy atom. The second-order valence-corrected chi connectivity index (χ2v) is 8.25. The first-order valence-electron chi connectivity index (χ1n) is 9.98. The number of nitrogens with zero attached hydrogens (tertiary/aromatic N) is 2. The molecule has 9 heteroatoms. The predicted octanol–water partition coefficient (Wildman–Crippen LogP) is 3.72. The molecule has 166 valence electrons. The summed E-state index contributed by atoms with van der Waals surface area (Å²) in [5.74, 6) is -0.331. The summed E-state index contributed by atoms with van der Waals surface area (Å²) >= 11 is 0. The van der Waals surface area contributed by atoms with Gasteiger partial charge in [-0.15, -0.1) is 0 Å². The number of benzene rings is 1. The zero-order chi connectivity index (χ0) is 22.8. The maximum Gasteiger partial charge on any atom is 0.416 e. The fourth-order valence-corrected chi connectivity index (χ4v) is 3.57. The van der Waals surface area contributed by atoms with Gasteiger partial charge in [-0.2, -0.15) is 13.2 Å². The molecule has 6 nitrogen and oxygen atoms in total. The zero-order valence-corrected chi connectivity index (χ0v) is 17.4. The van der Waals surface area contributed by atoms with Crippen molar-refractivity contribution in [2.75, 3.05) is 23.3 Å². The lowest BCUT2D eigenvalue weighted by molar-refractivity contribution is -0.137. The van der Waals surface area contributed by atoms with E-state index in [0.717, 1.165) is 31.5 Å². The molecule has 0 radical (unpaired) electrons. The van der Waals surface area contributed by atoms with E-state index in [4.69, 9.17) is 5.73 Å². The normalized spacial score (nSPS) is 17.3. The van der Waals surface area contributed by atoms with Crippen molar-refractivity contribution in [2.24, 2.45) is 11.7 Å². The van der Waals surface area contributed by atoms with Crippen LogP contribution in [0.2, 0.25) is 0 Å². The van der Waals surface area contributed by atoms with Gasteiger partial charge in [-0.25, -0.2) is 4.98 Å². The highest BCUT2D eigenvalue weighted by molar-refractivity contribution is 5.98. The summed E-state index contributed by atoms with van der Waals surface area (Å²) in [5, 5.41) is 2.72. The number of amides is 2. The SMILES string of the molecule is CC(C)(C(=O)Nc1ccc(N2CCCC(C(N)=O)C2)nc1)c1cccc(C(F)(F)F)c1. The molecule has 1 aromatic carbocycles. The third-order valence-electron chi connectivity index (χ3n) is 5.63. The van der Waals surface area contributed by atoms with Gasteiger partial charge < -0.3 is 16.0 Å². The highest BCUT2D eigenvalue weighted by Crippen LogP contribution is 2.33. The van der Waals surface area contributed by atoms with Crippen LogP contribution in [0.3, 0.4) is 0 Å². The van der Waals surface area contributed by atoms with Crippen LogP contribution in [0, 0.1) is 5.92 Å². The molecule has 2 heterocycles. The summed E-state index contributed by atoms with van der Waals surface area (Å²) in [6.07, 6.45) is -1.41. The molecule has 31 heavy (non-hydrogen) atoms. The monoisotopic (exact) mass is 434 g/mol. The lowest BCUT2D eigenvalue weighted by Gasteiger charge is -2.32. The number of hydrogen-bond acceptors (Lipinski definition) is 4. The lowest BCUT2D eigenvalue weighted by Crippen LogP contribution is -2.41. The van der Waals surface area contributed by atoms with Crippen LogP contribution < -0.4 is 16.0 Å². The minimum absolute atomic E-state index is 0.219. The number of pyridine rings is 1. The minimum Gasteiger partial charge on any atom is -0.369 e. The topological polar surface area (TPSA) is 88.3 Å². The fraction of sp³-hybridized carbons (Fsp3) is 0.409. The highest BCUT2D eigenvalue weighted by atomic mass is 19.4. The van der Waals surface area contributed by atoms with E-state index in [0.29, 0.717) is 18.1 Å². The summed E-state index contributed by atoms with van der Waals surface area (Å²) in [6.45, 7) is 4.39. The Labute approximate surface area is 178 Å². The maximum absolute atomic E-state index is 13.0. The van der Waals surface area contributed by atoms with Crippen molar-refractivity contribution in [1.29, 1.82) is 0 Å². The molecular formula is C22H25F3N4O2. The number of primary amides is 1. The van der Waals surface area contributed by atoms with E-state index >= 15 is 0 Å². The number of carbonyl (C=O) groups excluding carboxylic acids is 2. The summed E-state index contributed by atoms with van der Waals surface area (Å²) in [6, 6.07) is 8.17. The molecule has 3 rings (SSSR count). The molecule has 1 aliphatic heterocycles. The molecule has 0 spiro atoms. The first-order valence-corrected chi connectivity index (χ1v) is 9.98. The number of rotatable bonds is 5. The number of aromatic nitrogens is 1. The molecule has 3 N–H and O–H groups in total. The lowest BCUT2D eigenvalue weighted by atomic mass is 9.83. The van der Waals surface area contributed by atoms with Gasteiger partial charge in [-0.1, -0.05) is 18.2 Å². The smallest absolute Gasteiger partial charge is 0.369 e. The largest absolute Gasteiger partial charge is 0.416 e. The highest BCUT2D eigenvalue weighted by Gasteiger charge is 2.35. The molecule has 1 unspecified atom stereocenters. The summed E-state index contributed by atoms with van der Waals surface area (Å²) in [5.41, 5.74) is 4.11. The second-order valence-electron chi connectivity index (χ2n) is 8.25. The molecule has 2 amide bonds. The van der Waals surface area contributed by atoms with Crippen LogP contribution in [0.5, 0.6) is 0 Å². The molecule has 1 aliphatic rings. The molecule has 1 aromatic heterocycles. The average Bonchev–Trinajstić information content (AvgIpc) is 2.74. The number of carbonyl (C=O) groups is 2. The van der Waals surface area contributed by atoms with E-state index < -0.39 is 23.1 Å². The number of piperidine rings is 1. The van der Waals surface area contributed by atoms with Gasteiger partial charge in [0.2, 0.25) is 11.8 Å². The minimum atomic E-state index is -4.48. The van der Waals surface area contributed by atoms with Crippen molar-refractivity contribution >= 4 is 23.3 Å². The van der Waals surface area contributed by atoms with Gasteiger partial charge in [0.25, 0.3) is 0 Å². The van der Waals surface area contributed by atoms with Crippen LogP contribution in [0.4, 0.5) is 24.7 Å². The van der Waals surface area contributed by atoms with Crippen LogP contribution >= 0.6 is 0 Å². The number of nitrogens with two attached hydrogens (primary N) is 1. The molecule has 0 saturated carbocycles. The number of anilines is 2. The third kappa shape index (κ3) is 5.15. The zero-order valence-electron chi connectivity index (χ0n) is 17.4. The van der Waals surface area contributed by atoms with Crippen LogP contribution in [0.1, 0.15) is 37.8 Å². The number of halogens is 3. The average molecular weight is 434 g/mol. The molecule has 1 fully saturated rings. The quantitative estimate of drug-likeness (QED) is 0.751. The van der Waals surface area contributed by atoms with E-state index in [9.17, 15) is 22.8 Å². The van der Waals surface area contributed by atoms with Crippen LogP contribution in [0.15, 0.2) is 42.6 Å². The van der Waals surface area contributed by atoms with E-state index in [1.54, 1.807) is 26.0 Å². The molecule has 0 aliphatic carbocycles. The van der Waals surface area contributed by atoms with Gasteiger partial charge in [0.05, 0.1) is 28.8 Å². The van der Waals surface area contributed by atoms with Gasteiger partial charge in [0, 0.05) is 13.1 Å². The van der Waals surface area contributed by atoms with Gasteiger partial charge in [0.15, 0.2) is 0 Å². The Hall–Kier alpha value is -3.10. The Morgan fingerprint density at radius 3 is 2.48 bits per heavy atom. The maximum atomic E-state index is 13.0. The molecule has 2 aromatic rings. The van der Waals surface area contributed by atoms with Crippen molar-refractivity contribution < 1.29 is 22.8 Å². The molecule has 1 saturated heterocycles. The fourth-order valence-electron chi connectivity index (χ4n) is 3.57. The molecule has 1 atom stereocenters. The van der Waals surface area contributed by atoms with Crippen LogP contribution in [-0.4, -0.2) is 29.9 Å². The van der Waals surface area contributed by atoms with Crippen molar-refractivity contribution in [3.05, 3.63) is 53.7 Å². The van der Waals surface area contributed by atoms with Gasteiger partial charge in [-0.05, 0) is 50.5 Å². The molecule has 0 bridgehead atoms. The summed E-state index contributed by atoms with van der Waals surface area (Å²) in [7, 11) is 0.